The molecule has 1 rings (SSSR count). The monoisotopic (exact) mass is 841 g/mol. The van der Waals surface area contributed by atoms with Crippen molar-refractivity contribution in [3.8, 4) is 0 Å². The van der Waals surface area contributed by atoms with E-state index in [1.807, 2.05) is 30.3 Å². The highest BCUT2D eigenvalue weighted by molar-refractivity contribution is 7.86. The lowest BCUT2D eigenvalue weighted by Crippen LogP contribution is -2.55. The van der Waals surface area contributed by atoms with Crippen molar-refractivity contribution in [2.45, 2.75) is 139 Å². The Balaban J connectivity index is 3.36. The van der Waals surface area contributed by atoms with Crippen LogP contribution in [0.3, 0.4) is 0 Å². The van der Waals surface area contributed by atoms with Crippen molar-refractivity contribution in [1.82, 2.24) is 0 Å². The number of rotatable bonds is 31. The summed E-state index contributed by atoms with van der Waals surface area (Å²) in [5.41, 5.74) is 0.984. The van der Waals surface area contributed by atoms with E-state index in [0.717, 1.165) is 82.7 Å². The third-order valence-electron chi connectivity index (χ3n) is 8.95. The van der Waals surface area contributed by atoms with Crippen LogP contribution in [-0.2, 0) is 40.5 Å². The van der Waals surface area contributed by atoms with Gasteiger partial charge in [-0.05, 0) is 63.5 Å². The van der Waals surface area contributed by atoms with E-state index in [1.165, 1.54) is 0 Å². The average molecular weight is 842 g/mol. The van der Waals surface area contributed by atoms with Gasteiger partial charge in [0.25, 0.3) is 40.5 Å². The van der Waals surface area contributed by atoms with Crippen LogP contribution >= 0.6 is 18.5 Å². The summed E-state index contributed by atoms with van der Waals surface area (Å²) in [6.07, 6.45) is 12.9. The molecule has 0 aliphatic rings. The molecule has 1 aromatic carbocycles. The fourth-order valence-electron chi connectivity index (χ4n) is 6.51. The fraction of sp³-hybridized carbons (Fsp3) is 0.812. The first kappa shape index (κ1) is 48.5. The third-order valence-corrected chi connectivity index (χ3v) is 13.8. The van der Waals surface area contributed by atoms with E-state index >= 15 is 0 Å². The Morgan fingerprint density at radius 2 is 0.647 bits per heavy atom. The van der Waals surface area contributed by atoms with E-state index in [2.05, 4.69) is 23.4 Å². The van der Waals surface area contributed by atoms with Crippen LogP contribution in [0.25, 0.3) is 0 Å². The highest BCUT2D eigenvalue weighted by Gasteiger charge is 2.42. The Hall–Kier alpha value is -0.480. The number of benzene rings is 1. The van der Waals surface area contributed by atoms with Crippen molar-refractivity contribution < 1.29 is 51.9 Å². The second-order valence-corrected chi connectivity index (χ2v) is 22.1. The van der Waals surface area contributed by atoms with E-state index in [9.17, 15) is 33.7 Å². The summed E-state index contributed by atoms with van der Waals surface area (Å²) in [5.74, 6) is -1.16. The van der Waals surface area contributed by atoms with Gasteiger partial charge < -0.3 is 4.90 Å². The van der Waals surface area contributed by atoms with E-state index in [0.29, 0.717) is 51.4 Å². The van der Waals surface area contributed by atoms with Gasteiger partial charge in [-0.25, -0.2) is 0 Å². The molecular weight excluding hydrogens is 781 g/mol. The molecule has 300 valence electrons. The molecule has 0 radical (unpaired) electrons. The zero-order chi connectivity index (χ0) is 38.7. The molecule has 0 aliphatic heterocycles. The van der Waals surface area contributed by atoms with Crippen molar-refractivity contribution in [2.75, 3.05) is 27.9 Å². The first-order valence-corrected chi connectivity index (χ1v) is 25.4. The molecule has 51 heavy (non-hydrogen) atoms. The SMILES string of the molecule is O=S(=O)(O)CCCCCCC(P)(CCCCCCS(=O)(=O)O)N(c1ccccc1)C(P)(CCCCCCS(=O)(=O)O)CCCCCCS(=O)(=O)O. The number of para-hydroxylation sites is 1. The number of hydrogen-bond acceptors (Lipinski definition) is 9. The second-order valence-electron chi connectivity index (χ2n) is 13.7. The molecule has 0 aromatic heterocycles. The molecule has 19 heteroatoms. The minimum atomic E-state index is -4.03. The number of unbranched alkanes of at least 4 members (excludes halogenated alkanes) is 12. The van der Waals surface area contributed by atoms with Gasteiger partial charge >= 0.3 is 0 Å². The molecular formula is C32H61NO12P2S4. The van der Waals surface area contributed by atoms with Gasteiger partial charge in [0.15, 0.2) is 0 Å². The lowest BCUT2D eigenvalue weighted by molar-refractivity contribution is 0.336. The van der Waals surface area contributed by atoms with Gasteiger partial charge in [-0.2, -0.15) is 33.7 Å². The van der Waals surface area contributed by atoms with E-state index in [4.69, 9.17) is 18.2 Å². The van der Waals surface area contributed by atoms with Crippen LogP contribution in [0.1, 0.15) is 128 Å². The van der Waals surface area contributed by atoms with E-state index in [-0.39, 0.29) is 23.0 Å². The predicted molar refractivity (Wildman–Crippen MR) is 212 cm³/mol. The van der Waals surface area contributed by atoms with E-state index in [1.54, 1.807) is 0 Å². The molecule has 0 amide bonds. The number of nitrogens with zero attached hydrogens (tertiary/aromatic N) is 1. The first-order chi connectivity index (χ1) is 23.6. The Bertz CT molecular complexity index is 1370. The molecule has 1 aromatic rings. The Labute approximate surface area is 312 Å². The first-order valence-electron chi connectivity index (χ1n) is 17.8. The Kier molecular flexibility index (Phi) is 22.3. The maximum atomic E-state index is 11.2. The Morgan fingerprint density at radius 3 is 0.882 bits per heavy atom. The van der Waals surface area contributed by atoms with Gasteiger partial charge in [-0.3, -0.25) is 18.2 Å². The molecule has 0 aliphatic carbocycles. The fourth-order valence-corrected chi connectivity index (χ4v) is 10.6. The predicted octanol–water partition coefficient (Wildman–Crippen LogP) is 6.99. The van der Waals surface area contributed by atoms with Crippen LogP contribution in [0, 0.1) is 0 Å². The Morgan fingerprint density at radius 1 is 0.412 bits per heavy atom. The molecule has 0 bridgehead atoms. The molecule has 0 saturated carbocycles. The maximum Gasteiger partial charge on any atom is 0.264 e. The summed E-state index contributed by atoms with van der Waals surface area (Å²) < 4.78 is 126. The van der Waals surface area contributed by atoms with Crippen molar-refractivity contribution in [3.05, 3.63) is 30.3 Å². The van der Waals surface area contributed by atoms with Crippen LogP contribution in [0.5, 0.6) is 0 Å². The summed E-state index contributed by atoms with van der Waals surface area (Å²) in [4.78, 5) is 2.43. The zero-order valence-corrected chi connectivity index (χ0v) is 35.2. The average Bonchev–Trinajstić information content (AvgIpc) is 2.99. The smallest absolute Gasteiger partial charge is 0.264 e. The number of anilines is 1. The van der Waals surface area contributed by atoms with Crippen LogP contribution in [-0.4, -0.2) is 85.5 Å². The summed E-state index contributed by atoms with van der Waals surface area (Å²) in [5, 5.41) is -0.990. The lowest BCUT2D eigenvalue weighted by atomic mass is 9.91. The largest absolute Gasteiger partial charge is 0.354 e. The summed E-state index contributed by atoms with van der Waals surface area (Å²) in [6, 6.07) is 9.97. The topological polar surface area (TPSA) is 221 Å². The highest BCUT2D eigenvalue weighted by Crippen LogP contribution is 2.49. The summed E-state index contributed by atoms with van der Waals surface area (Å²) >= 11 is 0. The minimum absolute atomic E-state index is 0.290. The molecule has 0 spiro atoms. The van der Waals surface area contributed by atoms with Gasteiger partial charge in [0.2, 0.25) is 0 Å². The van der Waals surface area contributed by atoms with Crippen molar-refractivity contribution in [2.24, 2.45) is 0 Å². The molecule has 4 N–H and O–H groups in total. The molecule has 2 unspecified atom stereocenters. The quantitative estimate of drug-likeness (QED) is 0.0337. The standard InChI is InChI=1S/C32H61NO12P2S4/c34-48(35,36)26-16-5-1-12-22-31(46,23-13-2-6-17-27-49(37,38)39)33(30-20-10-9-11-21-30)32(47,24-14-3-7-18-28-50(40,41)42)25-15-4-8-19-29-51(43,44)45/h9-11,20-21H,1-8,12-19,22-29,46-47H2,(H,34,35,36)(H,37,38,39)(H,40,41,42)(H,43,44,45). The van der Waals surface area contributed by atoms with E-state index < -0.39 is 51.0 Å². The molecule has 2 atom stereocenters. The van der Waals surface area contributed by atoms with Gasteiger partial charge in [-0.1, -0.05) is 95.2 Å². The maximum absolute atomic E-state index is 11.2. The van der Waals surface area contributed by atoms with Gasteiger partial charge in [-0.15, -0.1) is 18.5 Å². The summed E-state index contributed by atoms with van der Waals surface area (Å²) in [6.45, 7) is 0. The number of hydrogen-bond donors (Lipinski definition) is 4. The highest BCUT2D eigenvalue weighted by atomic mass is 32.2. The van der Waals surface area contributed by atoms with Crippen molar-refractivity contribution >= 4 is 64.6 Å². The van der Waals surface area contributed by atoms with Crippen LogP contribution in [0.15, 0.2) is 30.3 Å². The van der Waals surface area contributed by atoms with Crippen LogP contribution in [0.2, 0.25) is 0 Å². The lowest BCUT2D eigenvalue weighted by Gasteiger charge is -2.54. The third kappa shape index (κ3) is 24.5. The molecule has 0 heterocycles. The normalized spacial score (nSPS) is 13.5. The van der Waals surface area contributed by atoms with Crippen LogP contribution < -0.4 is 4.90 Å². The van der Waals surface area contributed by atoms with Crippen LogP contribution in [0.4, 0.5) is 5.69 Å². The van der Waals surface area contributed by atoms with Gasteiger partial charge in [0, 0.05) is 5.69 Å². The molecule has 0 saturated heterocycles. The van der Waals surface area contributed by atoms with Gasteiger partial charge in [0.05, 0.1) is 33.6 Å². The summed E-state index contributed by atoms with van der Waals surface area (Å²) in [7, 11) is -9.95. The minimum Gasteiger partial charge on any atom is -0.354 e. The molecule has 0 fully saturated rings. The molecule has 13 nitrogen and oxygen atoms in total. The van der Waals surface area contributed by atoms with Crippen molar-refractivity contribution in [1.29, 1.82) is 0 Å². The van der Waals surface area contributed by atoms with Gasteiger partial charge in [0.1, 0.15) is 0 Å². The zero-order valence-electron chi connectivity index (χ0n) is 29.6. The van der Waals surface area contributed by atoms with Crippen molar-refractivity contribution in [3.63, 3.8) is 0 Å². The second kappa shape index (κ2) is 23.4.